The van der Waals surface area contributed by atoms with Crippen LogP contribution < -0.4 is 14.8 Å². The van der Waals surface area contributed by atoms with Crippen LogP contribution in [0.25, 0.3) is 0 Å². The van der Waals surface area contributed by atoms with Gasteiger partial charge in [0.2, 0.25) is 0 Å². The lowest BCUT2D eigenvalue weighted by atomic mass is 10.1. The van der Waals surface area contributed by atoms with Crippen LogP contribution in [0, 0.1) is 5.82 Å². The number of benzene rings is 2. The van der Waals surface area contributed by atoms with Gasteiger partial charge in [0.05, 0.1) is 6.54 Å². The summed E-state index contributed by atoms with van der Waals surface area (Å²) in [6.45, 7) is 0.522. The number of hydrogen-bond acceptors (Lipinski definition) is 3. The zero-order chi connectivity index (χ0) is 16.8. The molecule has 3 rings (SSSR count). The average Bonchev–Trinajstić information content (AvgIpc) is 3.09. The van der Waals surface area contributed by atoms with E-state index in [9.17, 15) is 9.18 Å². The van der Waals surface area contributed by atoms with Crippen molar-refractivity contribution in [1.29, 1.82) is 0 Å². The molecule has 0 heterocycles. The maximum absolute atomic E-state index is 14.2. The molecule has 0 aromatic heterocycles. The van der Waals surface area contributed by atoms with Gasteiger partial charge in [-0.15, -0.1) is 0 Å². The lowest BCUT2D eigenvalue weighted by Crippen LogP contribution is -2.32. The zero-order valence-corrected chi connectivity index (χ0v) is 13.4. The Balaban J connectivity index is 1.40. The number of aryl methyl sites for hydroxylation is 1. The molecule has 126 valence electrons. The highest BCUT2D eigenvalue weighted by Crippen LogP contribution is 2.30. The highest BCUT2D eigenvalue weighted by molar-refractivity contribution is 5.77. The Morgan fingerprint density at radius 1 is 1.08 bits per heavy atom. The van der Waals surface area contributed by atoms with Crippen molar-refractivity contribution >= 4 is 5.91 Å². The van der Waals surface area contributed by atoms with E-state index in [-0.39, 0.29) is 24.1 Å². The lowest BCUT2D eigenvalue weighted by Gasteiger charge is -2.11. The predicted octanol–water partition coefficient (Wildman–Crippen LogP) is 2.89. The van der Waals surface area contributed by atoms with Gasteiger partial charge in [0.15, 0.2) is 18.2 Å². The fourth-order valence-electron chi connectivity index (χ4n) is 2.78. The first kappa shape index (κ1) is 16.3. The van der Waals surface area contributed by atoms with E-state index in [1.807, 2.05) is 36.4 Å². The number of rotatable bonds is 7. The third-order valence-corrected chi connectivity index (χ3v) is 3.97. The van der Waals surface area contributed by atoms with Crippen LogP contribution in [-0.4, -0.2) is 25.7 Å². The van der Waals surface area contributed by atoms with Gasteiger partial charge in [-0.2, -0.15) is 0 Å². The van der Waals surface area contributed by atoms with Gasteiger partial charge < -0.3 is 14.8 Å². The molecule has 0 atom stereocenters. The Bertz CT molecular complexity index is 703. The number of hydrogen-bond donors (Lipinski definition) is 1. The number of carbonyl (C=O) groups is 1. The summed E-state index contributed by atoms with van der Waals surface area (Å²) in [5.41, 5.74) is 1.77. The lowest BCUT2D eigenvalue weighted by molar-refractivity contribution is -0.123. The molecule has 0 bridgehead atoms. The molecular formula is C19H20FNO3. The predicted molar refractivity (Wildman–Crippen MR) is 88.9 cm³/mol. The van der Waals surface area contributed by atoms with Crippen LogP contribution >= 0.6 is 0 Å². The highest BCUT2D eigenvalue weighted by Gasteiger charge is 2.19. The topological polar surface area (TPSA) is 47.6 Å². The number of carbonyl (C=O) groups excluding carboxylic acids is 1. The smallest absolute Gasteiger partial charge is 0.258 e. The summed E-state index contributed by atoms with van der Waals surface area (Å²) in [6.07, 6.45) is 2.62. The van der Waals surface area contributed by atoms with Crippen LogP contribution in [0.1, 0.15) is 17.5 Å². The quantitative estimate of drug-likeness (QED) is 0.795. The van der Waals surface area contributed by atoms with E-state index in [1.165, 1.54) is 0 Å². The molecule has 2 aromatic carbocycles. The number of nitrogens with one attached hydrogen (secondary N) is 1. The van der Waals surface area contributed by atoms with Crippen LogP contribution in [0.2, 0.25) is 0 Å². The van der Waals surface area contributed by atoms with Crippen molar-refractivity contribution in [2.75, 3.05) is 19.8 Å². The molecule has 2 aromatic rings. The summed E-state index contributed by atoms with van der Waals surface area (Å²) in [7, 11) is 0. The molecule has 0 saturated heterocycles. The molecule has 0 saturated carbocycles. The first-order chi connectivity index (χ1) is 11.7. The summed E-state index contributed by atoms with van der Waals surface area (Å²) >= 11 is 0. The number of amides is 1. The van der Waals surface area contributed by atoms with E-state index >= 15 is 0 Å². The summed E-state index contributed by atoms with van der Waals surface area (Å²) in [4.78, 5) is 11.8. The van der Waals surface area contributed by atoms with Crippen LogP contribution in [0.5, 0.6) is 11.5 Å². The number of para-hydroxylation sites is 1. The maximum atomic E-state index is 14.2. The van der Waals surface area contributed by atoms with E-state index < -0.39 is 0 Å². The Morgan fingerprint density at radius 2 is 1.92 bits per heavy atom. The fraction of sp³-hybridized carbons (Fsp3) is 0.316. The molecule has 1 amide bonds. The van der Waals surface area contributed by atoms with Crippen LogP contribution in [-0.2, 0) is 17.6 Å². The van der Waals surface area contributed by atoms with E-state index in [4.69, 9.17) is 9.47 Å². The molecular weight excluding hydrogens is 309 g/mol. The largest absolute Gasteiger partial charge is 0.492 e. The van der Waals surface area contributed by atoms with Crippen molar-refractivity contribution in [3.63, 3.8) is 0 Å². The van der Waals surface area contributed by atoms with Gasteiger partial charge in [-0.3, -0.25) is 4.79 Å². The van der Waals surface area contributed by atoms with Gasteiger partial charge >= 0.3 is 0 Å². The van der Waals surface area contributed by atoms with Gasteiger partial charge in [-0.1, -0.05) is 24.3 Å². The second-order valence-electron chi connectivity index (χ2n) is 5.67. The zero-order valence-electron chi connectivity index (χ0n) is 13.4. The summed E-state index contributed by atoms with van der Waals surface area (Å²) in [5, 5.41) is 2.68. The summed E-state index contributed by atoms with van der Waals surface area (Å²) < 4.78 is 25.0. The van der Waals surface area contributed by atoms with Gasteiger partial charge in [0, 0.05) is 0 Å². The van der Waals surface area contributed by atoms with Gasteiger partial charge in [0.1, 0.15) is 12.4 Å². The van der Waals surface area contributed by atoms with Gasteiger partial charge in [0.25, 0.3) is 5.91 Å². The SMILES string of the molecule is O=C(COc1ccc2c(c1F)CCC2)NCCOc1ccccc1. The number of halogens is 1. The Morgan fingerprint density at radius 3 is 2.75 bits per heavy atom. The highest BCUT2D eigenvalue weighted by atomic mass is 19.1. The standard InChI is InChI=1S/C19H20FNO3/c20-19-16-8-4-5-14(16)9-10-17(19)24-13-18(22)21-11-12-23-15-6-2-1-3-7-15/h1-3,6-7,9-10H,4-5,8,11-13H2,(H,21,22). The number of fused-ring (bicyclic) bond motifs is 1. The minimum absolute atomic E-state index is 0.145. The van der Waals surface area contributed by atoms with E-state index in [0.29, 0.717) is 13.2 Å². The van der Waals surface area contributed by atoms with Crippen LogP contribution in [0.3, 0.4) is 0 Å². The molecule has 0 unspecified atom stereocenters. The van der Waals surface area contributed by atoms with E-state index in [0.717, 1.165) is 36.1 Å². The molecule has 4 nitrogen and oxygen atoms in total. The van der Waals surface area contributed by atoms with Gasteiger partial charge in [-0.25, -0.2) is 4.39 Å². The van der Waals surface area contributed by atoms with Crippen molar-refractivity contribution in [3.05, 3.63) is 59.4 Å². The number of ether oxygens (including phenoxy) is 2. The van der Waals surface area contributed by atoms with Crippen molar-refractivity contribution in [3.8, 4) is 11.5 Å². The minimum atomic E-state index is -0.329. The van der Waals surface area contributed by atoms with E-state index in [2.05, 4.69) is 5.32 Å². The normalized spacial score (nSPS) is 12.5. The monoisotopic (exact) mass is 329 g/mol. The fourth-order valence-corrected chi connectivity index (χ4v) is 2.78. The third kappa shape index (κ3) is 4.04. The Kier molecular flexibility index (Phi) is 5.31. The molecule has 0 spiro atoms. The van der Waals surface area contributed by atoms with Gasteiger partial charge in [-0.05, 0) is 48.6 Å². The molecule has 1 N–H and O–H groups in total. The molecule has 1 aliphatic carbocycles. The molecule has 1 aliphatic rings. The Hall–Kier alpha value is -2.56. The average molecular weight is 329 g/mol. The van der Waals surface area contributed by atoms with Crippen LogP contribution in [0.15, 0.2) is 42.5 Å². The maximum Gasteiger partial charge on any atom is 0.258 e. The molecule has 0 radical (unpaired) electrons. The summed E-state index contributed by atoms with van der Waals surface area (Å²) in [6, 6.07) is 12.9. The van der Waals surface area contributed by atoms with Crippen molar-refractivity contribution in [2.24, 2.45) is 0 Å². The second-order valence-corrected chi connectivity index (χ2v) is 5.67. The molecule has 0 fully saturated rings. The van der Waals surface area contributed by atoms with E-state index in [1.54, 1.807) is 6.07 Å². The molecule has 24 heavy (non-hydrogen) atoms. The molecule has 5 heteroatoms. The third-order valence-electron chi connectivity index (χ3n) is 3.97. The Labute approximate surface area is 140 Å². The van der Waals surface area contributed by atoms with Crippen molar-refractivity contribution in [1.82, 2.24) is 5.32 Å². The van der Waals surface area contributed by atoms with Crippen LogP contribution in [0.4, 0.5) is 4.39 Å². The first-order valence-electron chi connectivity index (χ1n) is 8.11. The van der Waals surface area contributed by atoms with Crippen molar-refractivity contribution in [2.45, 2.75) is 19.3 Å². The van der Waals surface area contributed by atoms with Crippen molar-refractivity contribution < 1.29 is 18.7 Å². The molecule has 0 aliphatic heterocycles. The summed E-state index contributed by atoms with van der Waals surface area (Å²) in [5.74, 6) is 0.270. The minimum Gasteiger partial charge on any atom is -0.492 e. The first-order valence-corrected chi connectivity index (χ1v) is 8.11. The second kappa shape index (κ2) is 7.81.